The van der Waals surface area contributed by atoms with E-state index in [1.807, 2.05) is 4.90 Å². The number of sulfonamides is 1. The smallest absolute Gasteiger partial charge is 0.265 e. The number of Topliss-reactive ketones (excluding diaryl/α,β-unsaturated/α-hetero) is 1. The summed E-state index contributed by atoms with van der Waals surface area (Å²) in [4.78, 5) is 31.3. The van der Waals surface area contributed by atoms with Crippen LogP contribution in [0.15, 0.2) is 41.4 Å². The largest absolute Gasteiger partial charge is 0.347 e. The van der Waals surface area contributed by atoms with Crippen molar-refractivity contribution >= 4 is 38.7 Å². The van der Waals surface area contributed by atoms with Crippen molar-refractivity contribution in [2.75, 3.05) is 17.8 Å². The van der Waals surface area contributed by atoms with E-state index in [1.165, 1.54) is 24.5 Å². The number of ketones is 1. The number of rotatable bonds is 6. The van der Waals surface area contributed by atoms with E-state index in [1.54, 1.807) is 48.9 Å². The molecule has 1 N–H and O–H groups in total. The van der Waals surface area contributed by atoms with E-state index in [0.29, 0.717) is 32.5 Å². The maximum atomic E-state index is 12.9. The van der Waals surface area contributed by atoms with Gasteiger partial charge in [-0.25, -0.2) is 13.4 Å². The molecule has 1 aliphatic rings. The minimum atomic E-state index is -3.84. The van der Waals surface area contributed by atoms with Crippen LogP contribution in [0.4, 0.5) is 5.69 Å². The molecule has 0 unspecified atom stereocenters. The standard InChI is InChI=1S/C22H24N4O4S2/c1-14-20(22(28)26-10-4-5-11-26)31-21(23-14)19-12-18(13-25(19)3)32(29,30)24-17-8-6-16(7-9-17)15(2)27/h6-9,12-13,24H,4-5,10-11H2,1-3H3. The van der Waals surface area contributed by atoms with Crippen LogP contribution in [0.3, 0.4) is 0 Å². The maximum absolute atomic E-state index is 12.9. The van der Waals surface area contributed by atoms with Crippen LogP contribution in [-0.4, -0.2) is 47.6 Å². The highest BCUT2D eigenvalue weighted by Gasteiger charge is 2.26. The molecule has 3 aromatic rings. The van der Waals surface area contributed by atoms with E-state index in [0.717, 1.165) is 25.9 Å². The van der Waals surface area contributed by atoms with Crippen molar-refractivity contribution in [2.45, 2.75) is 31.6 Å². The number of likely N-dealkylation sites (tertiary alicyclic amines) is 1. The predicted octanol–water partition coefficient (Wildman–Crippen LogP) is 3.70. The van der Waals surface area contributed by atoms with E-state index in [4.69, 9.17) is 0 Å². The first kappa shape index (κ1) is 22.2. The number of nitrogens with zero attached hydrogens (tertiary/aromatic N) is 3. The molecule has 0 radical (unpaired) electrons. The number of carbonyl (C=O) groups excluding carboxylic acids is 2. The van der Waals surface area contributed by atoms with Crippen LogP contribution < -0.4 is 4.72 Å². The number of hydrogen-bond acceptors (Lipinski definition) is 6. The van der Waals surface area contributed by atoms with Gasteiger partial charge in [-0.05, 0) is 57.0 Å². The van der Waals surface area contributed by atoms with Crippen LogP contribution in [0.2, 0.25) is 0 Å². The van der Waals surface area contributed by atoms with Gasteiger partial charge < -0.3 is 9.47 Å². The van der Waals surface area contributed by atoms with Crippen molar-refractivity contribution in [3.8, 4) is 10.7 Å². The molecule has 1 amide bonds. The van der Waals surface area contributed by atoms with Crippen molar-refractivity contribution in [3.05, 3.63) is 52.7 Å². The topological polar surface area (TPSA) is 101 Å². The molecule has 168 valence electrons. The molecule has 8 nitrogen and oxygen atoms in total. The molecule has 0 aliphatic carbocycles. The van der Waals surface area contributed by atoms with Crippen LogP contribution >= 0.6 is 11.3 Å². The average Bonchev–Trinajstić information content (AvgIpc) is 3.47. The molecular weight excluding hydrogens is 448 g/mol. The Morgan fingerprint density at radius 3 is 2.41 bits per heavy atom. The fraction of sp³-hybridized carbons (Fsp3) is 0.318. The Balaban J connectivity index is 1.59. The summed E-state index contributed by atoms with van der Waals surface area (Å²) in [5.41, 5.74) is 2.14. The van der Waals surface area contributed by atoms with Gasteiger partial charge in [-0.1, -0.05) is 0 Å². The highest BCUT2D eigenvalue weighted by Crippen LogP contribution is 2.32. The second-order valence-corrected chi connectivity index (χ2v) is 10.5. The van der Waals surface area contributed by atoms with Crippen LogP contribution in [0.1, 0.15) is 45.5 Å². The van der Waals surface area contributed by atoms with Crippen molar-refractivity contribution in [1.82, 2.24) is 14.5 Å². The van der Waals surface area contributed by atoms with Crippen LogP contribution in [0.5, 0.6) is 0 Å². The lowest BCUT2D eigenvalue weighted by Gasteiger charge is -2.13. The zero-order valence-electron chi connectivity index (χ0n) is 18.1. The van der Waals surface area contributed by atoms with Gasteiger partial charge in [0.25, 0.3) is 15.9 Å². The maximum Gasteiger partial charge on any atom is 0.265 e. The summed E-state index contributed by atoms with van der Waals surface area (Å²) in [6.45, 7) is 4.78. The average molecular weight is 473 g/mol. The number of anilines is 1. The molecule has 1 fully saturated rings. The number of aromatic nitrogens is 2. The van der Waals surface area contributed by atoms with Crippen LogP contribution in [0, 0.1) is 6.92 Å². The van der Waals surface area contributed by atoms with Gasteiger partial charge in [0.2, 0.25) is 0 Å². The lowest BCUT2D eigenvalue weighted by atomic mass is 10.1. The Kier molecular flexibility index (Phi) is 5.91. The quantitative estimate of drug-likeness (QED) is 0.551. The molecular formula is C22H24N4O4S2. The first-order valence-corrected chi connectivity index (χ1v) is 12.5. The molecule has 1 aliphatic heterocycles. The minimum absolute atomic E-state index is 0.0125. The number of benzene rings is 1. The summed E-state index contributed by atoms with van der Waals surface area (Å²) >= 11 is 1.28. The number of amides is 1. The Morgan fingerprint density at radius 2 is 1.78 bits per heavy atom. The van der Waals surface area contributed by atoms with E-state index in [-0.39, 0.29) is 16.6 Å². The lowest BCUT2D eigenvalue weighted by Crippen LogP contribution is -2.27. The fourth-order valence-corrected chi connectivity index (χ4v) is 5.87. The molecule has 10 heteroatoms. The van der Waals surface area contributed by atoms with Crippen LogP contribution in [0.25, 0.3) is 10.7 Å². The van der Waals surface area contributed by atoms with Gasteiger partial charge in [0, 0.05) is 37.6 Å². The van der Waals surface area contributed by atoms with E-state index < -0.39 is 10.0 Å². The summed E-state index contributed by atoms with van der Waals surface area (Å²) in [6.07, 6.45) is 3.54. The molecule has 32 heavy (non-hydrogen) atoms. The third-order valence-electron chi connectivity index (χ3n) is 5.44. The van der Waals surface area contributed by atoms with Gasteiger partial charge >= 0.3 is 0 Å². The lowest BCUT2D eigenvalue weighted by molar-refractivity contribution is 0.0796. The molecule has 0 saturated carbocycles. The van der Waals surface area contributed by atoms with Gasteiger partial charge in [0.05, 0.1) is 11.4 Å². The van der Waals surface area contributed by atoms with Crippen LogP contribution in [-0.2, 0) is 17.1 Å². The molecule has 0 spiro atoms. The molecule has 1 aromatic carbocycles. The van der Waals surface area contributed by atoms with Crippen molar-refractivity contribution < 1.29 is 18.0 Å². The second-order valence-electron chi connectivity index (χ2n) is 7.84. The summed E-state index contributed by atoms with van der Waals surface area (Å²) in [5.74, 6) is -0.102. The number of carbonyl (C=O) groups is 2. The molecule has 2 aromatic heterocycles. The third kappa shape index (κ3) is 4.33. The third-order valence-corrected chi connectivity index (χ3v) is 7.95. The molecule has 4 rings (SSSR count). The Bertz CT molecular complexity index is 1280. The summed E-state index contributed by atoms with van der Waals surface area (Å²) < 4.78 is 30.0. The number of aryl methyl sites for hydroxylation is 2. The van der Waals surface area contributed by atoms with E-state index in [9.17, 15) is 18.0 Å². The van der Waals surface area contributed by atoms with Crippen molar-refractivity contribution in [2.24, 2.45) is 7.05 Å². The second kappa shape index (κ2) is 8.51. The predicted molar refractivity (Wildman–Crippen MR) is 124 cm³/mol. The number of nitrogens with one attached hydrogen (secondary N) is 1. The monoisotopic (exact) mass is 472 g/mol. The Labute approximate surface area is 190 Å². The highest BCUT2D eigenvalue weighted by molar-refractivity contribution is 7.92. The molecule has 3 heterocycles. The Hall–Kier alpha value is -2.98. The zero-order chi connectivity index (χ0) is 23.0. The number of hydrogen-bond donors (Lipinski definition) is 1. The summed E-state index contributed by atoms with van der Waals surface area (Å²) in [7, 11) is -2.10. The van der Waals surface area contributed by atoms with Crippen molar-refractivity contribution in [3.63, 3.8) is 0 Å². The fourth-order valence-electron chi connectivity index (χ4n) is 3.65. The number of thiazole rings is 1. The van der Waals surface area contributed by atoms with Gasteiger partial charge in [-0.3, -0.25) is 14.3 Å². The minimum Gasteiger partial charge on any atom is -0.347 e. The van der Waals surface area contributed by atoms with Gasteiger partial charge in [-0.2, -0.15) is 0 Å². The van der Waals surface area contributed by atoms with Gasteiger partial charge in [0.1, 0.15) is 14.8 Å². The summed E-state index contributed by atoms with van der Waals surface area (Å²) in [5, 5.41) is 0.597. The van der Waals surface area contributed by atoms with Gasteiger partial charge in [-0.15, -0.1) is 11.3 Å². The van der Waals surface area contributed by atoms with Gasteiger partial charge in [0.15, 0.2) is 5.78 Å². The normalized spacial score (nSPS) is 14.0. The zero-order valence-corrected chi connectivity index (χ0v) is 19.7. The highest BCUT2D eigenvalue weighted by atomic mass is 32.2. The molecule has 0 atom stereocenters. The van der Waals surface area contributed by atoms with Crippen molar-refractivity contribution in [1.29, 1.82) is 0 Å². The summed E-state index contributed by atoms with van der Waals surface area (Å²) in [6, 6.07) is 7.81. The van der Waals surface area contributed by atoms with E-state index in [2.05, 4.69) is 9.71 Å². The molecule has 0 bridgehead atoms. The van der Waals surface area contributed by atoms with E-state index >= 15 is 0 Å². The first-order valence-electron chi connectivity index (χ1n) is 10.2. The SMILES string of the molecule is CC(=O)c1ccc(NS(=O)(=O)c2cc(-c3nc(C)c(C(=O)N4CCCC4)s3)n(C)c2)cc1. The Morgan fingerprint density at radius 1 is 1.12 bits per heavy atom. The first-order chi connectivity index (χ1) is 15.2. The molecule has 1 saturated heterocycles.